The van der Waals surface area contributed by atoms with Crippen LogP contribution in [0, 0.1) is 17.8 Å². The summed E-state index contributed by atoms with van der Waals surface area (Å²) < 4.78 is 23.9. The molecule has 2 N–H and O–H groups in total. The smallest absolute Gasteiger partial charge is 0.223 e. The zero-order chi connectivity index (χ0) is 19.9. The number of hydrogen-bond donors (Lipinski definition) is 2. The minimum atomic E-state index is -3.44. The predicted molar refractivity (Wildman–Crippen MR) is 107 cm³/mol. The number of aliphatic hydroxyl groups excluding tert-OH is 1. The van der Waals surface area contributed by atoms with Gasteiger partial charge in [0.05, 0.1) is 17.3 Å². The Morgan fingerprint density at radius 2 is 1.78 bits per heavy atom. The fraction of sp³-hybridized carbons (Fsp3) is 0.667. The lowest BCUT2D eigenvalue weighted by atomic mass is 9.79. The third kappa shape index (κ3) is 6.61. The number of rotatable bonds is 9. The average Bonchev–Trinajstić information content (AvgIpc) is 2.65. The molecule has 0 aromatic heterocycles. The van der Waals surface area contributed by atoms with Crippen LogP contribution in [0.1, 0.15) is 57.9 Å². The maximum atomic E-state index is 12.7. The molecular weight excluding hydrogens is 362 g/mol. The van der Waals surface area contributed by atoms with Gasteiger partial charge in [0.15, 0.2) is 9.84 Å². The van der Waals surface area contributed by atoms with Crippen LogP contribution in [-0.4, -0.2) is 31.8 Å². The minimum absolute atomic E-state index is 0.0253. The molecule has 1 fully saturated rings. The van der Waals surface area contributed by atoms with Gasteiger partial charge in [0.2, 0.25) is 5.91 Å². The van der Waals surface area contributed by atoms with E-state index in [0.29, 0.717) is 18.4 Å². The summed E-state index contributed by atoms with van der Waals surface area (Å²) in [7, 11) is -3.44. The molecule has 0 radical (unpaired) electrons. The lowest BCUT2D eigenvalue weighted by Gasteiger charge is -2.28. The minimum Gasteiger partial charge on any atom is -0.395 e. The van der Waals surface area contributed by atoms with Crippen molar-refractivity contribution in [3.05, 3.63) is 29.8 Å². The van der Waals surface area contributed by atoms with Crippen LogP contribution < -0.4 is 5.32 Å². The van der Waals surface area contributed by atoms with E-state index in [2.05, 4.69) is 19.2 Å². The first-order valence-corrected chi connectivity index (χ1v) is 11.7. The van der Waals surface area contributed by atoms with Gasteiger partial charge in [-0.25, -0.2) is 8.42 Å². The molecule has 1 saturated carbocycles. The van der Waals surface area contributed by atoms with Crippen LogP contribution in [0.5, 0.6) is 0 Å². The molecule has 0 unspecified atom stereocenters. The highest BCUT2D eigenvalue weighted by atomic mass is 32.2. The second-order valence-electron chi connectivity index (χ2n) is 7.99. The van der Waals surface area contributed by atoms with E-state index in [4.69, 9.17) is 5.11 Å². The fourth-order valence-electron chi connectivity index (χ4n) is 3.84. The highest BCUT2D eigenvalue weighted by Crippen LogP contribution is 2.31. The first-order valence-electron chi connectivity index (χ1n) is 10.0. The monoisotopic (exact) mass is 395 g/mol. The molecule has 1 aliphatic carbocycles. The Morgan fingerprint density at radius 3 is 2.33 bits per heavy atom. The summed E-state index contributed by atoms with van der Waals surface area (Å²) in [5, 5.41) is 11.9. The van der Waals surface area contributed by atoms with Gasteiger partial charge in [-0.1, -0.05) is 58.1 Å². The second kappa shape index (κ2) is 10.2. The van der Waals surface area contributed by atoms with Crippen molar-refractivity contribution in [2.75, 3.05) is 12.4 Å². The average molecular weight is 396 g/mol. The Kier molecular flexibility index (Phi) is 8.29. The topological polar surface area (TPSA) is 83.5 Å². The zero-order valence-corrected chi connectivity index (χ0v) is 17.3. The number of carbonyl (C=O) groups excluding carboxylic acids is 1. The predicted octanol–water partition coefficient (Wildman–Crippen LogP) is 3.31. The maximum absolute atomic E-state index is 12.7. The molecule has 1 atom stereocenters. The lowest BCUT2D eigenvalue weighted by Crippen LogP contribution is -2.34. The third-order valence-corrected chi connectivity index (χ3v) is 7.27. The molecule has 0 spiro atoms. The third-order valence-electron chi connectivity index (χ3n) is 5.56. The van der Waals surface area contributed by atoms with Crippen molar-refractivity contribution in [3.8, 4) is 0 Å². The van der Waals surface area contributed by atoms with E-state index in [0.717, 1.165) is 12.0 Å². The number of carbonyl (C=O) groups is 1. The van der Waals surface area contributed by atoms with Crippen molar-refractivity contribution in [3.63, 3.8) is 0 Å². The number of amides is 1. The first kappa shape index (κ1) is 21.9. The van der Waals surface area contributed by atoms with E-state index in [1.165, 1.54) is 44.2 Å². The van der Waals surface area contributed by atoms with E-state index < -0.39 is 16.4 Å². The van der Waals surface area contributed by atoms with Gasteiger partial charge in [0.1, 0.15) is 0 Å². The van der Waals surface area contributed by atoms with Gasteiger partial charge in [-0.15, -0.1) is 0 Å². The summed E-state index contributed by atoms with van der Waals surface area (Å²) in [5.74, 6) is 0.802. The quantitative estimate of drug-likeness (QED) is 0.672. The zero-order valence-electron chi connectivity index (χ0n) is 16.5. The van der Waals surface area contributed by atoms with Crippen LogP contribution in [0.2, 0.25) is 0 Å². The molecule has 0 heterocycles. The lowest BCUT2D eigenvalue weighted by molar-refractivity contribution is -0.127. The maximum Gasteiger partial charge on any atom is 0.223 e. The van der Waals surface area contributed by atoms with Crippen molar-refractivity contribution >= 4 is 15.7 Å². The molecule has 0 bridgehead atoms. The van der Waals surface area contributed by atoms with Crippen molar-refractivity contribution in [2.45, 2.75) is 63.8 Å². The summed E-state index contributed by atoms with van der Waals surface area (Å²) in [6.07, 6.45) is 7.31. The largest absolute Gasteiger partial charge is 0.395 e. The Bertz CT molecular complexity index is 691. The van der Waals surface area contributed by atoms with Gasteiger partial charge in [-0.3, -0.25) is 4.79 Å². The number of aliphatic hydroxyl groups is 1. The normalized spacial score (nSPS) is 17.0. The molecule has 1 aliphatic rings. The van der Waals surface area contributed by atoms with Crippen molar-refractivity contribution in [1.29, 1.82) is 0 Å². The summed E-state index contributed by atoms with van der Waals surface area (Å²) in [6.45, 7) is 4.21. The van der Waals surface area contributed by atoms with Crippen molar-refractivity contribution in [2.24, 2.45) is 17.8 Å². The Balaban J connectivity index is 1.92. The van der Waals surface area contributed by atoms with Crippen molar-refractivity contribution < 1.29 is 18.3 Å². The second-order valence-corrected chi connectivity index (χ2v) is 10.1. The van der Waals surface area contributed by atoms with Gasteiger partial charge >= 0.3 is 0 Å². The summed E-state index contributed by atoms with van der Waals surface area (Å²) in [6, 6.07) is 6.51. The molecule has 1 amide bonds. The Hall–Kier alpha value is -1.40. The van der Waals surface area contributed by atoms with Crippen LogP contribution in [-0.2, 0) is 21.2 Å². The van der Waals surface area contributed by atoms with Gasteiger partial charge < -0.3 is 10.4 Å². The molecule has 1 aromatic carbocycles. The van der Waals surface area contributed by atoms with Crippen LogP contribution in [0.15, 0.2) is 29.2 Å². The van der Waals surface area contributed by atoms with Crippen molar-refractivity contribution in [1.82, 2.24) is 5.32 Å². The van der Waals surface area contributed by atoms with Crippen LogP contribution in [0.25, 0.3) is 0 Å². The molecule has 27 heavy (non-hydrogen) atoms. The van der Waals surface area contributed by atoms with Gasteiger partial charge in [0.25, 0.3) is 0 Å². The Labute approximate surface area is 163 Å². The highest BCUT2D eigenvalue weighted by molar-refractivity contribution is 7.91. The fourth-order valence-corrected chi connectivity index (χ4v) is 4.86. The molecule has 0 aliphatic heterocycles. The van der Waals surface area contributed by atoms with Gasteiger partial charge in [0, 0.05) is 12.5 Å². The summed E-state index contributed by atoms with van der Waals surface area (Å²) in [4.78, 5) is 12.9. The van der Waals surface area contributed by atoms with E-state index in [1.807, 2.05) is 0 Å². The summed E-state index contributed by atoms with van der Waals surface area (Å²) in [5.41, 5.74) is 0.867. The van der Waals surface area contributed by atoms with Crippen LogP contribution >= 0.6 is 0 Å². The molecule has 5 nitrogen and oxygen atoms in total. The molecule has 0 saturated heterocycles. The molecule has 1 aromatic rings. The van der Waals surface area contributed by atoms with Gasteiger partial charge in [-0.2, -0.15) is 0 Å². The SMILES string of the molecule is CC(C)[C@@H](CC1CCCCC1)C(=O)NCc1ccc(S(=O)(=O)CCO)cc1. The van der Waals surface area contributed by atoms with Crippen LogP contribution in [0.4, 0.5) is 0 Å². The summed E-state index contributed by atoms with van der Waals surface area (Å²) >= 11 is 0. The number of hydrogen-bond acceptors (Lipinski definition) is 4. The molecule has 2 rings (SSSR count). The van der Waals surface area contributed by atoms with E-state index in [-0.39, 0.29) is 22.5 Å². The van der Waals surface area contributed by atoms with E-state index >= 15 is 0 Å². The standard InChI is InChI=1S/C21H33NO4S/c1-16(2)20(14-17-6-4-3-5-7-17)21(24)22-15-18-8-10-19(11-9-18)27(25,26)13-12-23/h8-11,16-17,20,23H,3-7,12-15H2,1-2H3,(H,22,24)/t20-/m1/s1. The number of nitrogens with one attached hydrogen (secondary N) is 1. The van der Waals surface area contributed by atoms with Crippen LogP contribution in [0.3, 0.4) is 0 Å². The number of benzene rings is 1. The van der Waals surface area contributed by atoms with E-state index in [9.17, 15) is 13.2 Å². The molecule has 6 heteroatoms. The molecular formula is C21H33NO4S. The Morgan fingerprint density at radius 1 is 1.15 bits per heavy atom. The number of sulfone groups is 1. The molecule has 152 valence electrons. The first-order chi connectivity index (χ1) is 12.8. The van der Waals surface area contributed by atoms with E-state index in [1.54, 1.807) is 12.1 Å². The van der Waals surface area contributed by atoms with Gasteiger partial charge in [-0.05, 0) is 36.0 Å². The highest BCUT2D eigenvalue weighted by Gasteiger charge is 2.26.